The Labute approximate surface area is 112 Å². The van der Waals surface area contributed by atoms with E-state index in [2.05, 4.69) is 5.32 Å². The third kappa shape index (κ3) is 2.42. The summed E-state index contributed by atoms with van der Waals surface area (Å²) < 4.78 is 5.53. The van der Waals surface area contributed by atoms with E-state index < -0.39 is 18.1 Å². The second-order valence-electron chi connectivity index (χ2n) is 6.50. The van der Waals surface area contributed by atoms with Gasteiger partial charge in [0.1, 0.15) is 12.1 Å². The van der Waals surface area contributed by atoms with Gasteiger partial charge in [0.05, 0.1) is 0 Å². The number of amides is 1. The fraction of sp³-hybridized carbons (Fsp3) is 0.857. The highest BCUT2D eigenvalue weighted by atomic mass is 16.6. The van der Waals surface area contributed by atoms with Crippen molar-refractivity contribution in [1.82, 2.24) is 5.32 Å². The molecule has 1 unspecified atom stereocenters. The van der Waals surface area contributed by atoms with Crippen LogP contribution in [0.1, 0.15) is 39.0 Å². The Bertz CT molecular complexity index is 367. The van der Waals surface area contributed by atoms with Crippen LogP contribution in [0.3, 0.4) is 0 Å². The number of hydrogen-bond donors (Lipinski definition) is 2. The van der Waals surface area contributed by atoms with Crippen molar-refractivity contribution in [2.24, 2.45) is 23.7 Å². The molecule has 4 fully saturated rings. The maximum absolute atomic E-state index is 11.8. The van der Waals surface area contributed by atoms with Gasteiger partial charge in [-0.1, -0.05) is 0 Å². The molecule has 5 heteroatoms. The second kappa shape index (κ2) is 4.69. The smallest absolute Gasteiger partial charge is 0.408 e. The summed E-state index contributed by atoms with van der Waals surface area (Å²) in [6, 6.07) is -0.899. The van der Waals surface area contributed by atoms with Crippen LogP contribution in [-0.4, -0.2) is 29.3 Å². The van der Waals surface area contributed by atoms with Gasteiger partial charge in [-0.3, -0.25) is 4.79 Å². The molecule has 2 N–H and O–H groups in total. The number of nitrogens with one attached hydrogen (secondary N) is 1. The van der Waals surface area contributed by atoms with Gasteiger partial charge in [0.2, 0.25) is 0 Å². The molecule has 5 nitrogen and oxygen atoms in total. The van der Waals surface area contributed by atoms with Crippen LogP contribution in [0.2, 0.25) is 0 Å². The third-order valence-corrected chi connectivity index (χ3v) is 5.09. The molecule has 0 aromatic rings. The van der Waals surface area contributed by atoms with E-state index in [1.54, 1.807) is 0 Å². The van der Waals surface area contributed by atoms with Gasteiger partial charge in [-0.15, -0.1) is 0 Å². The SMILES string of the molecule is CC(NC(=O)OC1C2CC3CC(C2)CC1C3)C(=O)O. The number of carboxylic acid groups (broad SMARTS) is 1. The summed E-state index contributed by atoms with van der Waals surface area (Å²) in [5.74, 6) is 1.64. The van der Waals surface area contributed by atoms with E-state index in [1.807, 2.05) is 0 Å². The zero-order valence-corrected chi connectivity index (χ0v) is 11.2. The molecular formula is C14H21NO4. The van der Waals surface area contributed by atoms with E-state index in [9.17, 15) is 9.59 Å². The van der Waals surface area contributed by atoms with Gasteiger partial charge < -0.3 is 15.2 Å². The van der Waals surface area contributed by atoms with Gasteiger partial charge in [-0.05, 0) is 62.7 Å². The van der Waals surface area contributed by atoms with Gasteiger partial charge >= 0.3 is 12.1 Å². The quantitative estimate of drug-likeness (QED) is 0.820. The predicted molar refractivity (Wildman–Crippen MR) is 67.5 cm³/mol. The molecule has 4 aliphatic rings. The molecule has 0 heterocycles. The number of carbonyl (C=O) groups excluding carboxylic acids is 1. The van der Waals surface area contributed by atoms with E-state index in [0.717, 1.165) is 11.8 Å². The van der Waals surface area contributed by atoms with E-state index in [0.29, 0.717) is 11.8 Å². The average molecular weight is 267 g/mol. The van der Waals surface area contributed by atoms with Crippen molar-refractivity contribution in [3.8, 4) is 0 Å². The first-order valence-electron chi connectivity index (χ1n) is 7.23. The van der Waals surface area contributed by atoms with Crippen molar-refractivity contribution in [1.29, 1.82) is 0 Å². The molecule has 19 heavy (non-hydrogen) atoms. The summed E-state index contributed by atoms with van der Waals surface area (Å²) in [6.07, 6.45) is 5.51. The van der Waals surface area contributed by atoms with E-state index in [-0.39, 0.29) is 6.10 Å². The van der Waals surface area contributed by atoms with E-state index >= 15 is 0 Å². The number of rotatable bonds is 3. The van der Waals surface area contributed by atoms with Gasteiger partial charge in [-0.2, -0.15) is 0 Å². The summed E-state index contributed by atoms with van der Waals surface area (Å²) in [5, 5.41) is 11.1. The first kappa shape index (κ1) is 12.8. The van der Waals surface area contributed by atoms with Crippen LogP contribution in [-0.2, 0) is 9.53 Å². The van der Waals surface area contributed by atoms with Crippen LogP contribution in [0.4, 0.5) is 4.79 Å². The fourth-order valence-electron chi connectivity index (χ4n) is 4.46. The van der Waals surface area contributed by atoms with E-state index in [1.165, 1.54) is 39.0 Å². The Morgan fingerprint density at radius 3 is 2.11 bits per heavy atom. The van der Waals surface area contributed by atoms with Crippen molar-refractivity contribution in [3.05, 3.63) is 0 Å². The standard InChI is InChI=1S/C14H21NO4/c1-7(13(16)17)15-14(18)19-12-10-3-8-2-9(5-10)6-11(12)4-8/h7-12H,2-6H2,1H3,(H,15,18)(H,16,17). The minimum atomic E-state index is -1.04. The molecule has 0 radical (unpaired) electrons. The summed E-state index contributed by atoms with van der Waals surface area (Å²) >= 11 is 0. The van der Waals surface area contributed by atoms with Crippen molar-refractivity contribution >= 4 is 12.1 Å². The largest absolute Gasteiger partial charge is 0.480 e. The van der Waals surface area contributed by atoms with Crippen molar-refractivity contribution in [2.75, 3.05) is 0 Å². The van der Waals surface area contributed by atoms with Gasteiger partial charge in [-0.25, -0.2) is 4.79 Å². The molecule has 0 saturated heterocycles. The van der Waals surface area contributed by atoms with Gasteiger partial charge in [0.15, 0.2) is 0 Å². The lowest BCUT2D eigenvalue weighted by atomic mass is 9.55. The van der Waals surface area contributed by atoms with Crippen LogP contribution in [0.5, 0.6) is 0 Å². The van der Waals surface area contributed by atoms with E-state index in [4.69, 9.17) is 9.84 Å². The topological polar surface area (TPSA) is 75.6 Å². The summed E-state index contributed by atoms with van der Waals surface area (Å²) in [4.78, 5) is 22.5. The fourth-order valence-corrected chi connectivity index (χ4v) is 4.46. The molecule has 4 bridgehead atoms. The maximum Gasteiger partial charge on any atom is 0.408 e. The first-order valence-corrected chi connectivity index (χ1v) is 7.23. The third-order valence-electron chi connectivity index (χ3n) is 5.09. The minimum absolute atomic E-state index is 0.00814. The zero-order valence-electron chi connectivity index (χ0n) is 11.2. The van der Waals surface area contributed by atoms with Crippen LogP contribution in [0.15, 0.2) is 0 Å². The summed E-state index contributed by atoms with van der Waals surface area (Å²) in [6.45, 7) is 1.44. The molecule has 4 rings (SSSR count). The normalized spacial score (nSPS) is 40.8. The lowest BCUT2D eigenvalue weighted by molar-refractivity contribution is -0.139. The molecule has 4 saturated carbocycles. The van der Waals surface area contributed by atoms with Crippen LogP contribution < -0.4 is 5.32 Å². The number of carboxylic acids is 1. The highest BCUT2D eigenvalue weighted by Gasteiger charge is 2.50. The molecule has 4 aliphatic carbocycles. The Balaban J connectivity index is 1.58. The van der Waals surface area contributed by atoms with Crippen LogP contribution in [0, 0.1) is 23.7 Å². The van der Waals surface area contributed by atoms with Crippen molar-refractivity contribution in [3.63, 3.8) is 0 Å². The number of ether oxygens (including phenoxy) is 1. The Hall–Kier alpha value is -1.26. The lowest BCUT2D eigenvalue weighted by Crippen LogP contribution is -2.51. The first-order chi connectivity index (χ1) is 9.02. The Morgan fingerprint density at radius 2 is 1.63 bits per heavy atom. The Kier molecular flexibility index (Phi) is 3.15. The van der Waals surface area contributed by atoms with Crippen molar-refractivity contribution < 1.29 is 19.4 Å². The van der Waals surface area contributed by atoms with Crippen LogP contribution in [0.25, 0.3) is 0 Å². The number of alkyl carbamates (subject to hydrolysis) is 1. The summed E-state index contributed by atoms with van der Waals surface area (Å²) in [7, 11) is 0. The molecule has 0 aromatic heterocycles. The van der Waals surface area contributed by atoms with Crippen molar-refractivity contribution in [2.45, 2.75) is 51.2 Å². The van der Waals surface area contributed by atoms with Gasteiger partial charge in [0, 0.05) is 0 Å². The van der Waals surface area contributed by atoms with Crippen LogP contribution >= 0.6 is 0 Å². The Morgan fingerprint density at radius 1 is 1.11 bits per heavy atom. The second-order valence-corrected chi connectivity index (χ2v) is 6.50. The number of hydrogen-bond acceptors (Lipinski definition) is 3. The summed E-state index contributed by atoms with van der Waals surface area (Å²) in [5.41, 5.74) is 0. The lowest BCUT2D eigenvalue weighted by Gasteiger charge is -2.53. The number of carbonyl (C=O) groups is 2. The highest BCUT2D eigenvalue weighted by molar-refractivity contribution is 5.79. The molecule has 0 aliphatic heterocycles. The van der Waals surface area contributed by atoms with Gasteiger partial charge in [0.25, 0.3) is 0 Å². The zero-order chi connectivity index (χ0) is 13.6. The molecule has 106 valence electrons. The highest BCUT2D eigenvalue weighted by Crippen LogP contribution is 2.54. The number of aliphatic carboxylic acids is 1. The predicted octanol–water partition coefficient (Wildman–Crippen LogP) is 2.01. The monoisotopic (exact) mass is 267 g/mol. The average Bonchev–Trinajstić information content (AvgIpc) is 2.32. The molecular weight excluding hydrogens is 246 g/mol. The maximum atomic E-state index is 11.8. The molecule has 0 spiro atoms. The minimum Gasteiger partial charge on any atom is -0.480 e. The molecule has 1 atom stereocenters. The molecule has 0 aromatic carbocycles. The molecule has 1 amide bonds.